The molecule has 44 heavy (non-hydrogen) atoms. The summed E-state index contributed by atoms with van der Waals surface area (Å²) < 4.78 is 23.9. The number of aryl methyl sites for hydroxylation is 1. The molecule has 0 radical (unpaired) electrons. The summed E-state index contributed by atoms with van der Waals surface area (Å²) in [6.07, 6.45) is 2.99. The van der Waals surface area contributed by atoms with E-state index >= 15 is 0 Å². The van der Waals surface area contributed by atoms with Gasteiger partial charge in [0.1, 0.15) is 11.5 Å². The van der Waals surface area contributed by atoms with Crippen LogP contribution in [0.5, 0.6) is 23.0 Å². The zero-order chi connectivity index (χ0) is 31.2. The van der Waals surface area contributed by atoms with E-state index in [4.69, 9.17) is 23.9 Å². The Morgan fingerprint density at radius 1 is 1.09 bits per heavy atom. The van der Waals surface area contributed by atoms with Gasteiger partial charge in [0.05, 0.1) is 45.2 Å². The Morgan fingerprint density at radius 2 is 1.93 bits per heavy atom. The fourth-order valence-electron chi connectivity index (χ4n) is 5.95. The fraction of sp³-hybridized carbons (Fsp3) is 0.441. The van der Waals surface area contributed by atoms with Crippen LogP contribution in [0.3, 0.4) is 0 Å². The number of benzene rings is 2. The quantitative estimate of drug-likeness (QED) is 0.435. The number of carbonyl (C=O) groups excluding carboxylic acids is 2. The number of aromatic nitrogens is 1. The molecule has 0 unspecified atom stereocenters. The molecule has 10 nitrogen and oxygen atoms in total. The number of hydrogen-bond donors (Lipinski definition) is 1. The van der Waals surface area contributed by atoms with Crippen LogP contribution in [0.1, 0.15) is 52.5 Å². The second-order valence-corrected chi connectivity index (χ2v) is 11.4. The van der Waals surface area contributed by atoms with Crippen molar-refractivity contribution in [3.8, 4) is 23.0 Å². The van der Waals surface area contributed by atoms with Crippen molar-refractivity contribution in [1.82, 2.24) is 20.1 Å². The summed E-state index contributed by atoms with van der Waals surface area (Å²) in [5.74, 6) is 1.94. The molecular weight excluding hydrogens is 560 g/mol. The third kappa shape index (κ3) is 7.14. The summed E-state index contributed by atoms with van der Waals surface area (Å²) in [7, 11) is 3.24. The molecule has 5 rings (SSSR count). The highest BCUT2D eigenvalue weighted by Crippen LogP contribution is 2.34. The lowest BCUT2D eigenvalue weighted by atomic mass is 10.0. The lowest BCUT2D eigenvalue weighted by Gasteiger charge is -2.39. The van der Waals surface area contributed by atoms with Crippen molar-refractivity contribution < 1.29 is 28.5 Å². The van der Waals surface area contributed by atoms with Gasteiger partial charge in [-0.05, 0) is 62.6 Å². The topological polar surface area (TPSA) is 102 Å². The molecule has 2 aliphatic rings. The van der Waals surface area contributed by atoms with Gasteiger partial charge in [-0.15, -0.1) is 0 Å². The van der Waals surface area contributed by atoms with Crippen LogP contribution in [0.25, 0.3) is 0 Å². The Hall–Kier alpha value is -4.15. The summed E-state index contributed by atoms with van der Waals surface area (Å²) in [5, 5.41) is 3.20. The number of nitrogens with zero attached hydrogens (tertiary/aromatic N) is 3. The van der Waals surface area contributed by atoms with Crippen LogP contribution in [0, 0.1) is 13.8 Å². The molecule has 1 aromatic heterocycles. The normalized spacial score (nSPS) is 19.5. The van der Waals surface area contributed by atoms with E-state index in [0.29, 0.717) is 61.9 Å². The smallest absolute Gasteiger partial charge is 0.254 e. The molecule has 3 heterocycles. The Kier molecular flexibility index (Phi) is 10.0. The summed E-state index contributed by atoms with van der Waals surface area (Å²) in [5.41, 5.74) is 4.35. The summed E-state index contributed by atoms with van der Waals surface area (Å²) in [6, 6.07) is 12.5. The number of hydrogen-bond acceptors (Lipinski definition) is 8. The maximum atomic E-state index is 13.6. The number of rotatable bonds is 6. The first-order valence-electron chi connectivity index (χ1n) is 15.2. The minimum absolute atomic E-state index is 0.0485. The third-order valence-electron chi connectivity index (χ3n) is 8.23. The van der Waals surface area contributed by atoms with Crippen molar-refractivity contribution in [3.05, 3.63) is 76.6 Å². The predicted molar refractivity (Wildman–Crippen MR) is 166 cm³/mol. The lowest BCUT2D eigenvalue weighted by molar-refractivity contribution is -0.125. The molecule has 2 aromatic carbocycles. The predicted octanol–water partition coefficient (Wildman–Crippen LogP) is 4.65. The minimum atomic E-state index is -0.277. The molecule has 3 aromatic rings. The largest absolute Gasteiger partial charge is 0.496 e. The highest BCUT2D eigenvalue weighted by molar-refractivity contribution is 5.97. The molecule has 0 saturated carbocycles. The Bertz CT molecular complexity index is 1490. The van der Waals surface area contributed by atoms with Crippen molar-refractivity contribution >= 4 is 11.8 Å². The Balaban J connectivity index is 1.43. The number of piperidine rings is 1. The van der Waals surface area contributed by atoms with Crippen molar-refractivity contribution in [2.45, 2.75) is 58.9 Å². The van der Waals surface area contributed by atoms with Crippen LogP contribution < -0.4 is 19.5 Å². The minimum Gasteiger partial charge on any atom is -0.496 e. The van der Waals surface area contributed by atoms with Crippen LogP contribution in [0.2, 0.25) is 0 Å². The molecular formula is C34H42N4O6. The first kappa shape index (κ1) is 31.3. The fourth-order valence-corrected chi connectivity index (χ4v) is 5.95. The second kappa shape index (κ2) is 14.1. The monoisotopic (exact) mass is 602 g/mol. The number of carbonyl (C=O) groups is 2. The van der Waals surface area contributed by atoms with Gasteiger partial charge in [-0.3, -0.25) is 19.5 Å². The maximum Gasteiger partial charge on any atom is 0.254 e. The van der Waals surface area contributed by atoms with Crippen LogP contribution >= 0.6 is 0 Å². The molecule has 2 atom stereocenters. The van der Waals surface area contributed by atoms with Gasteiger partial charge in [0.25, 0.3) is 5.91 Å². The summed E-state index contributed by atoms with van der Waals surface area (Å²) in [6.45, 7) is 8.77. The zero-order valence-electron chi connectivity index (χ0n) is 26.2. The van der Waals surface area contributed by atoms with Crippen LogP contribution in [0.15, 0.2) is 48.7 Å². The molecule has 0 aliphatic carbocycles. The van der Waals surface area contributed by atoms with Gasteiger partial charge in [0.2, 0.25) is 5.91 Å². The van der Waals surface area contributed by atoms with E-state index in [9.17, 15) is 9.59 Å². The first-order valence-corrected chi connectivity index (χ1v) is 15.2. The van der Waals surface area contributed by atoms with Gasteiger partial charge in [-0.2, -0.15) is 0 Å². The summed E-state index contributed by atoms with van der Waals surface area (Å²) in [4.78, 5) is 35.6. The third-order valence-corrected chi connectivity index (χ3v) is 8.23. The number of methoxy groups -OCH3 is 2. The van der Waals surface area contributed by atoms with E-state index < -0.39 is 0 Å². The number of amides is 2. The molecule has 1 fully saturated rings. The van der Waals surface area contributed by atoms with Crippen LogP contribution in [-0.2, 0) is 22.7 Å². The van der Waals surface area contributed by atoms with Crippen molar-refractivity contribution in [2.24, 2.45) is 0 Å². The number of nitrogens with one attached hydrogen (secondary N) is 1. The van der Waals surface area contributed by atoms with Gasteiger partial charge in [-0.1, -0.05) is 19.1 Å². The number of ether oxygens (including phenoxy) is 4. The molecule has 4 bridgehead atoms. The van der Waals surface area contributed by atoms with Crippen LogP contribution in [0.4, 0.5) is 0 Å². The molecule has 234 valence electrons. The van der Waals surface area contributed by atoms with E-state index in [1.807, 2.05) is 51.2 Å². The van der Waals surface area contributed by atoms with Crippen molar-refractivity contribution in [2.75, 3.05) is 40.4 Å². The average molecular weight is 603 g/mol. The standard InChI is InChI=1S/C34H42N4O6/c1-6-13-38-20-32(39)36-27-12-14-37(18-28-23(3)33(42-5)22(2)17-35-28)19-31(27)43-21-24-8-7-9-26(15-24)44-30-16-25(34(38)40)10-11-29(30)41-4/h7-11,15-17,27,31H,6,12-14,18-21H2,1-5H3,(H,36,39)/t27-,31-/m0/s1. The Labute approximate surface area is 259 Å². The molecule has 0 spiro atoms. The molecule has 10 heteroatoms. The Morgan fingerprint density at radius 3 is 2.70 bits per heavy atom. The van der Waals surface area contributed by atoms with Crippen molar-refractivity contribution in [1.29, 1.82) is 0 Å². The molecule has 2 amide bonds. The van der Waals surface area contributed by atoms with E-state index in [-0.39, 0.29) is 30.5 Å². The SMILES string of the molecule is CCCN1CC(=O)N[C@H]2CCN(Cc3ncc(C)c(OC)c3C)C[C@@H]2OCc2cccc(c2)Oc2cc(ccc2OC)C1=O. The van der Waals surface area contributed by atoms with Gasteiger partial charge in [0.15, 0.2) is 11.5 Å². The highest BCUT2D eigenvalue weighted by Gasteiger charge is 2.33. The first-order chi connectivity index (χ1) is 21.3. The van der Waals surface area contributed by atoms with E-state index in [2.05, 4.69) is 10.2 Å². The average Bonchev–Trinajstić information content (AvgIpc) is 3.02. The molecule has 1 saturated heterocycles. The number of fused-ring (bicyclic) bond motifs is 5. The van der Waals surface area contributed by atoms with E-state index in [1.165, 1.54) is 0 Å². The van der Waals surface area contributed by atoms with Gasteiger partial charge in [0, 0.05) is 49.1 Å². The number of likely N-dealkylation sites (tertiary alicyclic amines) is 1. The van der Waals surface area contributed by atoms with Gasteiger partial charge >= 0.3 is 0 Å². The van der Waals surface area contributed by atoms with E-state index in [0.717, 1.165) is 34.7 Å². The highest BCUT2D eigenvalue weighted by atomic mass is 16.5. The van der Waals surface area contributed by atoms with E-state index in [1.54, 1.807) is 37.3 Å². The number of pyridine rings is 1. The lowest BCUT2D eigenvalue weighted by Crippen LogP contribution is -2.56. The van der Waals surface area contributed by atoms with Gasteiger partial charge in [-0.25, -0.2) is 0 Å². The maximum absolute atomic E-state index is 13.6. The second-order valence-electron chi connectivity index (χ2n) is 11.4. The molecule has 1 N–H and O–H groups in total. The van der Waals surface area contributed by atoms with Gasteiger partial charge < -0.3 is 29.2 Å². The zero-order valence-corrected chi connectivity index (χ0v) is 26.2. The molecule has 2 aliphatic heterocycles. The summed E-state index contributed by atoms with van der Waals surface area (Å²) >= 11 is 0. The van der Waals surface area contributed by atoms with Crippen LogP contribution in [-0.4, -0.2) is 79.1 Å². The van der Waals surface area contributed by atoms with Crippen molar-refractivity contribution in [3.63, 3.8) is 0 Å².